The summed E-state index contributed by atoms with van der Waals surface area (Å²) in [7, 11) is 0. The lowest BCUT2D eigenvalue weighted by atomic mass is 9.84. The van der Waals surface area contributed by atoms with E-state index in [4.69, 9.17) is 0 Å². The van der Waals surface area contributed by atoms with Gasteiger partial charge in [-0.1, -0.05) is 71.6 Å². The fourth-order valence-electron chi connectivity index (χ4n) is 3.71. The minimum absolute atomic E-state index is 0.741. The quantitative estimate of drug-likeness (QED) is 0.321. The molecule has 1 N–H and O–H groups in total. The van der Waals surface area contributed by atoms with Crippen molar-refractivity contribution in [3.05, 3.63) is 69.5 Å². The Morgan fingerprint density at radius 2 is 1.75 bits per heavy atom. The molecule has 28 heavy (non-hydrogen) atoms. The van der Waals surface area contributed by atoms with Gasteiger partial charge in [-0.3, -0.25) is 5.43 Å². The number of hydrazone groups is 1. The molecule has 0 saturated heterocycles. The first-order valence-corrected chi connectivity index (χ1v) is 11.5. The zero-order chi connectivity index (χ0) is 19.3. The van der Waals surface area contributed by atoms with Gasteiger partial charge in [-0.25, -0.2) is 4.98 Å². The molecule has 1 saturated carbocycles. The van der Waals surface area contributed by atoms with Crippen LogP contribution in [0.15, 0.2) is 63.5 Å². The Morgan fingerprint density at radius 1 is 1.04 bits per heavy atom. The minimum Gasteiger partial charge on any atom is -0.252 e. The van der Waals surface area contributed by atoms with Crippen LogP contribution in [0.1, 0.15) is 56.1 Å². The second-order valence-corrected chi connectivity index (χ2v) is 9.08. The number of aromatic nitrogens is 1. The molecule has 1 aliphatic carbocycles. The molecule has 0 aliphatic heterocycles. The molecule has 0 atom stereocenters. The number of nitrogens with one attached hydrogen (secondary N) is 1. The van der Waals surface area contributed by atoms with Crippen LogP contribution in [0.5, 0.6) is 0 Å². The average molecular weight is 454 g/mol. The van der Waals surface area contributed by atoms with Gasteiger partial charge in [0.05, 0.1) is 11.4 Å². The number of benzene rings is 2. The Labute approximate surface area is 179 Å². The maximum Gasteiger partial charge on any atom is 0.203 e. The summed E-state index contributed by atoms with van der Waals surface area (Å²) in [5, 5.41) is 7.39. The van der Waals surface area contributed by atoms with Crippen LogP contribution >= 0.6 is 27.3 Å². The van der Waals surface area contributed by atoms with Gasteiger partial charge in [-0.2, -0.15) is 5.10 Å². The highest BCUT2D eigenvalue weighted by Gasteiger charge is 2.15. The summed E-state index contributed by atoms with van der Waals surface area (Å²) in [4.78, 5) is 4.64. The van der Waals surface area contributed by atoms with E-state index in [2.05, 4.69) is 73.2 Å². The van der Waals surface area contributed by atoms with Crippen LogP contribution in [0.4, 0.5) is 5.13 Å². The Balaban J connectivity index is 1.41. The summed E-state index contributed by atoms with van der Waals surface area (Å²) in [5.41, 5.74) is 8.77. The zero-order valence-electron chi connectivity index (χ0n) is 16.0. The van der Waals surface area contributed by atoms with Crippen LogP contribution < -0.4 is 5.43 Å². The largest absolute Gasteiger partial charge is 0.252 e. The summed E-state index contributed by atoms with van der Waals surface area (Å²) in [6.45, 7) is 2.03. The van der Waals surface area contributed by atoms with E-state index in [0.717, 1.165) is 38.1 Å². The Kier molecular flexibility index (Phi) is 6.23. The molecular weight excluding hydrogens is 430 g/mol. The molecule has 0 amide bonds. The molecule has 3 nitrogen and oxygen atoms in total. The van der Waals surface area contributed by atoms with Crippen LogP contribution in [0.2, 0.25) is 0 Å². The van der Waals surface area contributed by atoms with Gasteiger partial charge >= 0.3 is 0 Å². The van der Waals surface area contributed by atoms with Crippen molar-refractivity contribution in [2.75, 3.05) is 5.43 Å². The van der Waals surface area contributed by atoms with Crippen molar-refractivity contribution < 1.29 is 0 Å². The van der Waals surface area contributed by atoms with E-state index < -0.39 is 0 Å². The summed E-state index contributed by atoms with van der Waals surface area (Å²) < 4.78 is 1.07. The molecule has 144 valence electrons. The molecule has 1 fully saturated rings. The first-order chi connectivity index (χ1) is 13.7. The normalized spacial score (nSPS) is 15.6. The Hall–Kier alpha value is -1.98. The molecule has 1 aliphatic rings. The van der Waals surface area contributed by atoms with Gasteiger partial charge in [0, 0.05) is 15.4 Å². The summed E-state index contributed by atoms with van der Waals surface area (Å²) in [5.74, 6) is 0.741. The molecule has 1 heterocycles. The van der Waals surface area contributed by atoms with Crippen molar-refractivity contribution in [1.29, 1.82) is 0 Å². The number of thiazole rings is 1. The molecule has 0 radical (unpaired) electrons. The number of nitrogens with zero attached hydrogens (tertiary/aromatic N) is 2. The van der Waals surface area contributed by atoms with Crippen LogP contribution in [-0.2, 0) is 0 Å². The fraction of sp³-hybridized carbons (Fsp3) is 0.304. The molecule has 0 unspecified atom stereocenters. The first kappa shape index (κ1) is 19.3. The lowest BCUT2D eigenvalue weighted by Gasteiger charge is -2.22. The summed E-state index contributed by atoms with van der Waals surface area (Å²) >= 11 is 5.03. The van der Waals surface area contributed by atoms with Crippen molar-refractivity contribution in [1.82, 2.24) is 4.98 Å². The van der Waals surface area contributed by atoms with E-state index in [-0.39, 0.29) is 0 Å². The molecule has 0 spiro atoms. The molecule has 2 aromatic carbocycles. The van der Waals surface area contributed by atoms with Crippen molar-refractivity contribution in [2.45, 2.75) is 44.9 Å². The maximum atomic E-state index is 4.64. The van der Waals surface area contributed by atoms with E-state index in [9.17, 15) is 0 Å². The van der Waals surface area contributed by atoms with E-state index >= 15 is 0 Å². The summed E-state index contributed by atoms with van der Waals surface area (Å²) in [6, 6.07) is 17.1. The van der Waals surface area contributed by atoms with Crippen LogP contribution in [0.25, 0.3) is 11.3 Å². The molecule has 5 heteroatoms. The van der Waals surface area contributed by atoms with Gasteiger partial charge < -0.3 is 0 Å². The second-order valence-electron chi connectivity index (χ2n) is 7.31. The number of hydrogen-bond acceptors (Lipinski definition) is 4. The Morgan fingerprint density at radius 3 is 2.46 bits per heavy atom. The molecular formula is C23H24BrN3S. The van der Waals surface area contributed by atoms with E-state index in [1.54, 1.807) is 11.3 Å². The highest BCUT2D eigenvalue weighted by atomic mass is 79.9. The van der Waals surface area contributed by atoms with Crippen LogP contribution in [0.3, 0.4) is 0 Å². The zero-order valence-corrected chi connectivity index (χ0v) is 18.4. The fourth-order valence-corrected chi connectivity index (χ4v) is 4.63. The SMILES string of the molecule is C/C(=N\Nc1nc(-c2ccc(Br)cc2)cs1)c1ccc(C2CCCCC2)cc1. The number of halogens is 1. The van der Waals surface area contributed by atoms with Gasteiger partial charge in [-0.15, -0.1) is 11.3 Å². The minimum atomic E-state index is 0.741. The van der Waals surface area contributed by atoms with Gasteiger partial charge in [0.15, 0.2) is 0 Å². The highest BCUT2D eigenvalue weighted by molar-refractivity contribution is 9.10. The third-order valence-corrected chi connectivity index (χ3v) is 6.64. The molecule has 1 aromatic heterocycles. The molecule has 4 rings (SSSR count). The van der Waals surface area contributed by atoms with Gasteiger partial charge in [0.25, 0.3) is 0 Å². The lowest BCUT2D eigenvalue weighted by Crippen LogP contribution is -2.05. The van der Waals surface area contributed by atoms with Crippen molar-refractivity contribution in [2.24, 2.45) is 5.10 Å². The molecule has 0 bridgehead atoms. The number of rotatable bonds is 5. The van der Waals surface area contributed by atoms with E-state index in [1.165, 1.54) is 37.7 Å². The van der Waals surface area contributed by atoms with Crippen molar-refractivity contribution in [3.8, 4) is 11.3 Å². The van der Waals surface area contributed by atoms with Crippen LogP contribution in [-0.4, -0.2) is 10.7 Å². The maximum absolute atomic E-state index is 4.64. The summed E-state index contributed by atoms with van der Waals surface area (Å²) in [6.07, 6.45) is 6.80. The second kappa shape index (κ2) is 9.01. The van der Waals surface area contributed by atoms with Crippen molar-refractivity contribution in [3.63, 3.8) is 0 Å². The first-order valence-electron chi connectivity index (χ1n) is 9.81. The molecule has 3 aromatic rings. The van der Waals surface area contributed by atoms with Crippen molar-refractivity contribution >= 4 is 38.1 Å². The van der Waals surface area contributed by atoms with Gasteiger partial charge in [0.2, 0.25) is 5.13 Å². The topological polar surface area (TPSA) is 37.3 Å². The third-order valence-electron chi connectivity index (χ3n) is 5.37. The predicted octanol–water partition coefficient (Wildman–Crippen LogP) is 7.46. The highest BCUT2D eigenvalue weighted by Crippen LogP contribution is 2.32. The average Bonchev–Trinajstić information content (AvgIpc) is 3.22. The van der Waals surface area contributed by atoms with Gasteiger partial charge in [-0.05, 0) is 48.9 Å². The third kappa shape index (κ3) is 4.70. The van der Waals surface area contributed by atoms with Gasteiger partial charge in [0.1, 0.15) is 0 Å². The van der Waals surface area contributed by atoms with E-state index in [0.29, 0.717) is 0 Å². The smallest absolute Gasteiger partial charge is 0.203 e. The predicted molar refractivity (Wildman–Crippen MR) is 123 cm³/mol. The standard InChI is InChI=1S/C23H24BrN3S/c1-16(17-7-9-19(10-8-17)18-5-3-2-4-6-18)26-27-23-25-22(15-28-23)20-11-13-21(24)14-12-20/h7-15,18H,2-6H2,1H3,(H,25,27)/b26-16+. The number of hydrogen-bond donors (Lipinski definition) is 1. The lowest BCUT2D eigenvalue weighted by molar-refractivity contribution is 0.443. The monoisotopic (exact) mass is 453 g/mol. The van der Waals surface area contributed by atoms with E-state index in [1.807, 2.05) is 19.1 Å². The van der Waals surface area contributed by atoms with Crippen LogP contribution in [0, 0.1) is 0 Å². The Bertz CT molecular complexity index is 939. The number of anilines is 1.